The molecule has 0 fully saturated rings. The molecule has 0 radical (unpaired) electrons. The predicted octanol–water partition coefficient (Wildman–Crippen LogP) is 4.14. The number of aromatic nitrogens is 1. The second kappa shape index (κ2) is 7.16. The van der Waals surface area contributed by atoms with E-state index in [-0.39, 0.29) is 0 Å². The van der Waals surface area contributed by atoms with Crippen LogP contribution in [0.3, 0.4) is 0 Å². The molecule has 0 aliphatic rings. The third kappa shape index (κ3) is 4.00. The Balaban J connectivity index is 1.49. The first-order valence-corrected chi connectivity index (χ1v) is 8.04. The first-order chi connectivity index (χ1) is 10.4. The highest BCUT2D eigenvalue weighted by Gasteiger charge is 2.03. The topological polar surface area (TPSA) is 24.9 Å². The molecule has 0 aliphatic heterocycles. The van der Waals surface area contributed by atoms with Crippen molar-refractivity contribution < 1.29 is 0 Å². The summed E-state index contributed by atoms with van der Waals surface area (Å²) < 4.78 is 0. The normalized spacial score (nSPS) is 10.7. The van der Waals surface area contributed by atoms with Gasteiger partial charge in [0.1, 0.15) is 0 Å². The lowest BCUT2D eigenvalue weighted by Crippen LogP contribution is -2.16. The van der Waals surface area contributed by atoms with Crippen LogP contribution in [0.25, 0.3) is 11.3 Å². The van der Waals surface area contributed by atoms with Gasteiger partial charge in [0.05, 0.1) is 10.7 Å². The van der Waals surface area contributed by atoms with Gasteiger partial charge in [-0.05, 0) is 5.56 Å². The first kappa shape index (κ1) is 14.0. The molecule has 1 N–H and O–H groups in total. The van der Waals surface area contributed by atoms with E-state index in [1.54, 1.807) is 11.3 Å². The van der Waals surface area contributed by atoms with Gasteiger partial charge >= 0.3 is 0 Å². The van der Waals surface area contributed by atoms with Gasteiger partial charge in [0.15, 0.2) is 0 Å². The third-order valence-corrected chi connectivity index (χ3v) is 4.22. The zero-order valence-corrected chi connectivity index (χ0v) is 12.6. The molecule has 3 aromatic rings. The van der Waals surface area contributed by atoms with E-state index in [1.807, 2.05) is 12.1 Å². The number of hydrogen-bond acceptors (Lipinski definition) is 3. The van der Waals surface area contributed by atoms with Crippen molar-refractivity contribution in [1.29, 1.82) is 0 Å². The number of benzene rings is 2. The minimum Gasteiger partial charge on any atom is -0.312 e. The quantitative estimate of drug-likeness (QED) is 0.691. The van der Waals surface area contributed by atoms with Crippen molar-refractivity contribution in [2.45, 2.75) is 13.0 Å². The van der Waals surface area contributed by atoms with E-state index in [0.717, 1.165) is 25.2 Å². The van der Waals surface area contributed by atoms with Crippen molar-refractivity contribution >= 4 is 11.3 Å². The molecule has 0 bridgehead atoms. The highest BCUT2D eigenvalue weighted by molar-refractivity contribution is 7.09. The Kier molecular flexibility index (Phi) is 4.77. The van der Waals surface area contributed by atoms with Crippen LogP contribution in [0.15, 0.2) is 66.0 Å². The van der Waals surface area contributed by atoms with E-state index >= 15 is 0 Å². The molecule has 1 heterocycles. The van der Waals surface area contributed by atoms with Gasteiger partial charge in [0.25, 0.3) is 0 Å². The summed E-state index contributed by atoms with van der Waals surface area (Å²) in [5.41, 5.74) is 3.59. The second-order valence-electron chi connectivity index (χ2n) is 4.90. The van der Waals surface area contributed by atoms with Crippen molar-refractivity contribution in [1.82, 2.24) is 10.3 Å². The van der Waals surface area contributed by atoms with Gasteiger partial charge in [-0.15, -0.1) is 11.3 Å². The molecule has 1 aromatic heterocycles. The minimum absolute atomic E-state index is 0.914. The minimum atomic E-state index is 0.914. The molecule has 0 saturated heterocycles. The van der Waals surface area contributed by atoms with Crippen LogP contribution in [-0.4, -0.2) is 11.5 Å². The Morgan fingerprint density at radius 2 is 1.62 bits per heavy atom. The molecule has 3 rings (SSSR count). The van der Waals surface area contributed by atoms with E-state index < -0.39 is 0 Å². The van der Waals surface area contributed by atoms with E-state index in [2.05, 4.69) is 59.2 Å². The van der Waals surface area contributed by atoms with Gasteiger partial charge < -0.3 is 5.32 Å². The van der Waals surface area contributed by atoms with Crippen molar-refractivity contribution in [3.05, 3.63) is 76.6 Å². The van der Waals surface area contributed by atoms with E-state index in [9.17, 15) is 0 Å². The molecule has 0 unspecified atom stereocenters. The van der Waals surface area contributed by atoms with Crippen LogP contribution in [0.2, 0.25) is 0 Å². The molecule has 2 aromatic carbocycles. The summed E-state index contributed by atoms with van der Waals surface area (Å²) in [6.45, 7) is 1.87. The van der Waals surface area contributed by atoms with Crippen LogP contribution in [0.5, 0.6) is 0 Å². The van der Waals surface area contributed by atoms with Gasteiger partial charge in [0, 0.05) is 30.5 Å². The Hall–Kier alpha value is -1.97. The predicted molar refractivity (Wildman–Crippen MR) is 89.4 cm³/mol. The Labute approximate surface area is 129 Å². The number of hydrogen-bond donors (Lipinski definition) is 1. The fourth-order valence-electron chi connectivity index (χ4n) is 2.19. The molecular formula is C18H18N2S. The molecule has 0 saturated carbocycles. The largest absolute Gasteiger partial charge is 0.312 e. The number of rotatable bonds is 6. The highest BCUT2D eigenvalue weighted by Crippen LogP contribution is 2.21. The average Bonchev–Trinajstić information content (AvgIpc) is 3.02. The SMILES string of the molecule is c1ccc(CNCCc2nc(-c3ccccc3)cs2)cc1. The third-order valence-electron chi connectivity index (χ3n) is 3.31. The van der Waals surface area contributed by atoms with Crippen LogP contribution in [0, 0.1) is 0 Å². The highest BCUT2D eigenvalue weighted by atomic mass is 32.1. The zero-order chi connectivity index (χ0) is 14.3. The fraction of sp³-hybridized carbons (Fsp3) is 0.167. The number of nitrogens with one attached hydrogen (secondary N) is 1. The Morgan fingerprint density at radius 1 is 0.905 bits per heavy atom. The maximum atomic E-state index is 4.70. The summed E-state index contributed by atoms with van der Waals surface area (Å²) in [6, 6.07) is 20.8. The number of thiazole rings is 1. The molecule has 0 aliphatic carbocycles. The van der Waals surface area contributed by atoms with Crippen LogP contribution in [-0.2, 0) is 13.0 Å². The lowest BCUT2D eigenvalue weighted by molar-refractivity contribution is 0.685. The van der Waals surface area contributed by atoms with Crippen LogP contribution in [0.4, 0.5) is 0 Å². The molecule has 2 nitrogen and oxygen atoms in total. The van der Waals surface area contributed by atoms with E-state index in [1.165, 1.54) is 16.1 Å². The monoisotopic (exact) mass is 294 g/mol. The molecule has 0 atom stereocenters. The van der Waals surface area contributed by atoms with Gasteiger partial charge in [0.2, 0.25) is 0 Å². The maximum absolute atomic E-state index is 4.70. The lowest BCUT2D eigenvalue weighted by Gasteiger charge is -2.03. The van der Waals surface area contributed by atoms with Gasteiger partial charge in [-0.3, -0.25) is 0 Å². The van der Waals surface area contributed by atoms with Crippen molar-refractivity contribution in [2.24, 2.45) is 0 Å². The van der Waals surface area contributed by atoms with E-state index in [4.69, 9.17) is 4.98 Å². The summed E-state index contributed by atoms with van der Waals surface area (Å²) in [4.78, 5) is 4.70. The fourth-order valence-corrected chi connectivity index (χ4v) is 3.00. The molecule has 21 heavy (non-hydrogen) atoms. The molecule has 3 heteroatoms. The van der Waals surface area contributed by atoms with Crippen LogP contribution >= 0.6 is 11.3 Å². The van der Waals surface area contributed by atoms with Crippen LogP contribution < -0.4 is 5.32 Å². The molecular weight excluding hydrogens is 276 g/mol. The summed E-state index contributed by atoms with van der Waals surface area (Å²) in [5, 5.41) is 6.80. The van der Waals surface area contributed by atoms with Crippen molar-refractivity contribution in [2.75, 3.05) is 6.54 Å². The molecule has 0 spiro atoms. The maximum Gasteiger partial charge on any atom is 0.0945 e. The average molecular weight is 294 g/mol. The summed E-state index contributed by atoms with van der Waals surface area (Å²) in [5.74, 6) is 0. The summed E-state index contributed by atoms with van der Waals surface area (Å²) in [7, 11) is 0. The molecule has 0 amide bonds. The first-order valence-electron chi connectivity index (χ1n) is 7.16. The standard InChI is InChI=1S/C18H18N2S/c1-3-7-15(8-4-1)13-19-12-11-18-20-17(14-21-18)16-9-5-2-6-10-16/h1-10,14,19H,11-13H2. The zero-order valence-electron chi connectivity index (χ0n) is 11.8. The summed E-state index contributed by atoms with van der Waals surface area (Å²) >= 11 is 1.74. The van der Waals surface area contributed by atoms with Gasteiger partial charge in [-0.1, -0.05) is 60.7 Å². The smallest absolute Gasteiger partial charge is 0.0945 e. The second-order valence-corrected chi connectivity index (χ2v) is 5.85. The molecule has 106 valence electrons. The van der Waals surface area contributed by atoms with Gasteiger partial charge in [-0.25, -0.2) is 4.98 Å². The van der Waals surface area contributed by atoms with Crippen molar-refractivity contribution in [3.63, 3.8) is 0 Å². The van der Waals surface area contributed by atoms with Crippen molar-refractivity contribution in [3.8, 4) is 11.3 Å². The summed E-state index contributed by atoms with van der Waals surface area (Å²) in [6.07, 6.45) is 0.977. The Morgan fingerprint density at radius 3 is 2.38 bits per heavy atom. The van der Waals surface area contributed by atoms with Gasteiger partial charge in [-0.2, -0.15) is 0 Å². The number of nitrogens with zero attached hydrogens (tertiary/aromatic N) is 1. The lowest BCUT2D eigenvalue weighted by atomic mass is 10.2. The Bertz CT molecular complexity index is 662. The van der Waals surface area contributed by atoms with Crippen LogP contribution in [0.1, 0.15) is 10.6 Å². The van der Waals surface area contributed by atoms with E-state index in [0.29, 0.717) is 0 Å².